The van der Waals surface area contributed by atoms with E-state index in [1.54, 1.807) is 0 Å². The average molecular weight is 306 g/mol. The molecule has 5 heteroatoms. The van der Waals surface area contributed by atoms with Gasteiger partial charge in [0.1, 0.15) is 0 Å². The lowest BCUT2D eigenvalue weighted by Crippen LogP contribution is -2.37. The molecule has 0 aliphatic heterocycles. The second-order valence-electron chi connectivity index (χ2n) is 5.37. The summed E-state index contributed by atoms with van der Waals surface area (Å²) in [5.74, 6) is 0.354. The summed E-state index contributed by atoms with van der Waals surface area (Å²) in [5, 5.41) is 5.89. The van der Waals surface area contributed by atoms with Crippen molar-refractivity contribution in [3.63, 3.8) is 0 Å². The molecule has 0 bridgehead atoms. The number of carbonyl (C=O) groups is 2. The van der Waals surface area contributed by atoms with Crippen molar-refractivity contribution in [2.24, 2.45) is 0 Å². The fourth-order valence-electron chi connectivity index (χ4n) is 2.54. The third-order valence-corrected chi connectivity index (χ3v) is 4.60. The minimum Gasteiger partial charge on any atom is -0.353 e. The maximum atomic E-state index is 12.0. The second-order valence-corrected chi connectivity index (χ2v) is 6.39. The summed E-state index contributed by atoms with van der Waals surface area (Å²) in [6, 6.07) is 7.90. The van der Waals surface area contributed by atoms with E-state index >= 15 is 0 Å². The number of hydrogen-bond acceptors (Lipinski definition) is 3. The molecule has 0 radical (unpaired) electrons. The van der Waals surface area contributed by atoms with E-state index in [9.17, 15) is 9.59 Å². The van der Waals surface area contributed by atoms with Crippen LogP contribution in [0.25, 0.3) is 0 Å². The summed E-state index contributed by atoms with van der Waals surface area (Å²) in [4.78, 5) is 24.1. The van der Waals surface area contributed by atoms with Gasteiger partial charge in [-0.15, -0.1) is 11.8 Å². The maximum absolute atomic E-state index is 12.0. The Balaban J connectivity index is 1.84. The van der Waals surface area contributed by atoms with Gasteiger partial charge in [-0.1, -0.05) is 31.4 Å². The van der Waals surface area contributed by atoms with Crippen molar-refractivity contribution in [1.29, 1.82) is 0 Å². The van der Waals surface area contributed by atoms with Gasteiger partial charge in [-0.25, -0.2) is 0 Å². The summed E-state index contributed by atoms with van der Waals surface area (Å²) < 4.78 is 0. The van der Waals surface area contributed by atoms with Crippen LogP contribution in [0.1, 0.15) is 39.0 Å². The molecule has 1 fully saturated rings. The minimum atomic E-state index is -0.102. The lowest BCUT2D eigenvalue weighted by molar-refractivity contribution is -0.119. The van der Waals surface area contributed by atoms with Crippen LogP contribution in [0.3, 0.4) is 0 Å². The van der Waals surface area contributed by atoms with E-state index in [0.29, 0.717) is 11.8 Å². The molecule has 0 aromatic heterocycles. The molecule has 4 nitrogen and oxygen atoms in total. The Morgan fingerprint density at radius 2 is 1.90 bits per heavy atom. The first-order valence-corrected chi connectivity index (χ1v) is 8.42. The van der Waals surface area contributed by atoms with Gasteiger partial charge in [0.15, 0.2) is 0 Å². The van der Waals surface area contributed by atoms with Crippen LogP contribution in [-0.4, -0.2) is 23.6 Å². The highest BCUT2D eigenvalue weighted by Crippen LogP contribution is 2.27. The Morgan fingerprint density at radius 1 is 1.19 bits per heavy atom. The van der Waals surface area contributed by atoms with Crippen LogP contribution in [0.15, 0.2) is 29.2 Å². The smallest absolute Gasteiger partial charge is 0.230 e. The van der Waals surface area contributed by atoms with Gasteiger partial charge in [0.2, 0.25) is 11.8 Å². The molecule has 114 valence electrons. The molecular formula is C16H22N2O2S. The first-order chi connectivity index (χ1) is 10.1. The van der Waals surface area contributed by atoms with Crippen molar-refractivity contribution in [2.45, 2.75) is 50.0 Å². The first-order valence-electron chi connectivity index (χ1n) is 7.44. The van der Waals surface area contributed by atoms with Gasteiger partial charge in [-0.3, -0.25) is 9.59 Å². The van der Waals surface area contributed by atoms with Crippen molar-refractivity contribution < 1.29 is 9.59 Å². The minimum absolute atomic E-state index is 0.0736. The Hall–Kier alpha value is -1.49. The molecular weight excluding hydrogens is 284 g/mol. The van der Waals surface area contributed by atoms with Crippen molar-refractivity contribution in [3.05, 3.63) is 24.3 Å². The highest BCUT2D eigenvalue weighted by molar-refractivity contribution is 8.00. The topological polar surface area (TPSA) is 58.2 Å². The van der Waals surface area contributed by atoms with Crippen molar-refractivity contribution in [2.75, 3.05) is 11.1 Å². The molecule has 2 rings (SSSR count). The van der Waals surface area contributed by atoms with Crippen molar-refractivity contribution in [3.8, 4) is 0 Å². The highest BCUT2D eigenvalue weighted by atomic mass is 32.2. The van der Waals surface area contributed by atoms with E-state index in [4.69, 9.17) is 0 Å². The van der Waals surface area contributed by atoms with Gasteiger partial charge in [-0.2, -0.15) is 0 Å². The lowest BCUT2D eigenvalue weighted by atomic mass is 9.95. The van der Waals surface area contributed by atoms with Gasteiger partial charge >= 0.3 is 0 Å². The Bertz CT molecular complexity index is 499. The van der Waals surface area contributed by atoms with E-state index < -0.39 is 0 Å². The van der Waals surface area contributed by atoms with Crippen LogP contribution in [0, 0.1) is 0 Å². The third-order valence-electron chi connectivity index (χ3n) is 3.53. The highest BCUT2D eigenvalue weighted by Gasteiger charge is 2.16. The van der Waals surface area contributed by atoms with Crippen LogP contribution in [-0.2, 0) is 9.59 Å². The monoisotopic (exact) mass is 306 g/mol. The molecule has 1 saturated carbocycles. The molecule has 2 N–H and O–H groups in total. The van der Waals surface area contributed by atoms with E-state index in [2.05, 4.69) is 10.6 Å². The molecule has 1 aliphatic carbocycles. The molecule has 0 atom stereocenters. The molecule has 1 aromatic carbocycles. The quantitative estimate of drug-likeness (QED) is 0.821. The number of thioether (sulfide) groups is 1. The summed E-state index contributed by atoms with van der Waals surface area (Å²) in [5.41, 5.74) is 0.764. The van der Waals surface area contributed by atoms with Gasteiger partial charge < -0.3 is 10.6 Å². The number of rotatable bonds is 5. The number of hydrogen-bond donors (Lipinski definition) is 2. The van der Waals surface area contributed by atoms with E-state index in [0.717, 1.165) is 23.4 Å². The zero-order chi connectivity index (χ0) is 15.1. The Morgan fingerprint density at radius 3 is 2.62 bits per heavy atom. The normalized spacial score (nSPS) is 15.5. The molecule has 0 heterocycles. The van der Waals surface area contributed by atoms with Crippen LogP contribution >= 0.6 is 11.8 Å². The largest absolute Gasteiger partial charge is 0.353 e. The summed E-state index contributed by atoms with van der Waals surface area (Å²) in [6.45, 7) is 1.48. The molecule has 0 saturated heterocycles. The number of benzene rings is 1. The van der Waals surface area contributed by atoms with E-state index in [1.165, 1.54) is 37.9 Å². The zero-order valence-corrected chi connectivity index (χ0v) is 13.2. The Kier molecular flexibility index (Phi) is 6.11. The number of amides is 2. The fraction of sp³-hybridized carbons (Fsp3) is 0.500. The van der Waals surface area contributed by atoms with Crippen LogP contribution in [0.2, 0.25) is 0 Å². The summed E-state index contributed by atoms with van der Waals surface area (Å²) in [7, 11) is 0. The van der Waals surface area contributed by atoms with Gasteiger partial charge in [0.05, 0.1) is 11.4 Å². The standard InChI is InChI=1S/C16H22N2O2S/c1-12(19)17-14-9-5-6-10-15(14)21-11-16(20)18-13-7-3-2-4-8-13/h5-6,9-10,13H,2-4,7-8,11H2,1H3,(H,17,19)(H,18,20). The molecule has 2 amide bonds. The SMILES string of the molecule is CC(=O)Nc1ccccc1SCC(=O)NC1CCCCC1. The van der Waals surface area contributed by atoms with Gasteiger partial charge in [-0.05, 0) is 25.0 Å². The fourth-order valence-corrected chi connectivity index (χ4v) is 3.36. The van der Waals surface area contributed by atoms with Crippen molar-refractivity contribution >= 4 is 29.3 Å². The number of nitrogens with one attached hydrogen (secondary N) is 2. The third kappa shape index (κ3) is 5.42. The number of carbonyl (C=O) groups excluding carboxylic acids is 2. The van der Waals surface area contributed by atoms with E-state index in [-0.39, 0.29) is 11.8 Å². The molecule has 21 heavy (non-hydrogen) atoms. The lowest BCUT2D eigenvalue weighted by Gasteiger charge is -2.22. The first kappa shape index (κ1) is 15.9. The average Bonchev–Trinajstić information content (AvgIpc) is 2.47. The van der Waals surface area contributed by atoms with Gasteiger partial charge in [0, 0.05) is 17.9 Å². The molecule has 1 aliphatic rings. The van der Waals surface area contributed by atoms with E-state index in [1.807, 2.05) is 24.3 Å². The second kappa shape index (κ2) is 8.08. The molecule has 0 spiro atoms. The van der Waals surface area contributed by atoms with Crippen molar-refractivity contribution in [1.82, 2.24) is 5.32 Å². The maximum Gasteiger partial charge on any atom is 0.230 e. The molecule has 1 aromatic rings. The zero-order valence-electron chi connectivity index (χ0n) is 12.4. The molecule has 0 unspecified atom stereocenters. The predicted octanol–water partition coefficient (Wildman–Crippen LogP) is 3.19. The number of para-hydroxylation sites is 1. The predicted molar refractivity (Wildman–Crippen MR) is 86.5 cm³/mol. The summed E-state index contributed by atoms with van der Waals surface area (Å²) in [6.07, 6.45) is 5.90. The summed E-state index contributed by atoms with van der Waals surface area (Å²) >= 11 is 1.46. The number of anilines is 1. The van der Waals surface area contributed by atoms with Gasteiger partial charge in [0.25, 0.3) is 0 Å². The van der Waals surface area contributed by atoms with Crippen LogP contribution in [0.5, 0.6) is 0 Å². The van der Waals surface area contributed by atoms with Crippen LogP contribution < -0.4 is 10.6 Å². The van der Waals surface area contributed by atoms with Crippen LogP contribution in [0.4, 0.5) is 5.69 Å². The Labute approximate surface area is 130 Å².